The molecule has 26 heavy (non-hydrogen) atoms. The molecule has 3 aromatic carbocycles. The number of benzene rings is 3. The molecule has 0 saturated carbocycles. The van der Waals surface area contributed by atoms with Crippen molar-refractivity contribution < 1.29 is 24.9 Å². The van der Waals surface area contributed by atoms with Gasteiger partial charge < -0.3 is 20.1 Å². The maximum Gasteiger partial charge on any atom is 0.335 e. The van der Waals surface area contributed by atoms with Gasteiger partial charge >= 0.3 is 5.97 Å². The monoisotopic (exact) mass is 352 g/mol. The summed E-state index contributed by atoms with van der Waals surface area (Å²) >= 11 is 0. The zero-order valence-corrected chi connectivity index (χ0v) is 14.2. The Labute approximate surface area is 151 Å². The van der Waals surface area contributed by atoms with E-state index < -0.39 is 5.97 Å². The van der Waals surface area contributed by atoms with Crippen molar-refractivity contribution in [2.75, 3.05) is 6.61 Å². The Hall–Kier alpha value is -3.21. The van der Waals surface area contributed by atoms with E-state index in [1.54, 1.807) is 30.3 Å². The number of carboxylic acids is 1. The first-order valence-electron chi connectivity index (χ1n) is 8.44. The Morgan fingerprint density at radius 1 is 0.923 bits per heavy atom. The van der Waals surface area contributed by atoms with E-state index in [0.717, 1.165) is 34.9 Å². The number of phenols is 2. The van der Waals surface area contributed by atoms with E-state index >= 15 is 0 Å². The van der Waals surface area contributed by atoms with Crippen LogP contribution in [0.25, 0.3) is 10.8 Å². The van der Waals surface area contributed by atoms with Crippen LogP contribution in [0, 0.1) is 0 Å². The molecule has 0 bridgehead atoms. The highest BCUT2D eigenvalue weighted by Crippen LogP contribution is 2.29. The Bertz CT molecular complexity index is 933. The number of hydrogen-bond donors (Lipinski definition) is 3. The van der Waals surface area contributed by atoms with Gasteiger partial charge in [0.15, 0.2) is 11.5 Å². The highest BCUT2D eigenvalue weighted by atomic mass is 16.5. The third kappa shape index (κ3) is 4.06. The molecule has 0 unspecified atom stereocenters. The average molecular weight is 352 g/mol. The smallest absolute Gasteiger partial charge is 0.335 e. The van der Waals surface area contributed by atoms with Crippen molar-refractivity contribution in [3.8, 4) is 17.2 Å². The molecule has 134 valence electrons. The number of carboxylic acid groups (broad SMARTS) is 1. The molecule has 5 nitrogen and oxygen atoms in total. The molecule has 0 aromatic heterocycles. The van der Waals surface area contributed by atoms with Crippen LogP contribution in [0.4, 0.5) is 0 Å². The molecule has 0 aliphatic heterocycles. The minimum Gasteiger partial charge on any atom is -0.504 e. The molecule has 3 N–H and O–H groups in total. The molecule has 0 spiro atoms. The van der Waals surface area contributed by atoms with Gasteiger partial charge in [0.1, 0.15) is 5.75 Å². The second-order valence-corrected chi connectivity index (χ2v) is 6.12. The topological polar surface area (TPSA) is 87.0 Å². The first-order chi connectivity index (χ1) is 12.5. The lowest BCUT2D eigenvalue weighted by Gasteiger charge is -2.09. The summed E-state index contributed by atoms with van der Waals surface area (Å²) in [6.45, 7) is 0.540. The fourth-order valence-electron chi connectivity index (χ4n) is 2.83. The van der Waals surface area contributed by atoms with Crippen molar-refractivity contribution in [2.24, 2.45) is 0 Å². The van der Waals surface area contributed by atoms with Gasteiger partial charge in [0, 0.05) is 0 Å². The summed E-state index contributed by atoms with van der Waals surface area (Å²) in [5.74, 6) is -0.351. The quantitative estimate of drug-likeness (QED) is 0.435. The number of phenolic OH excluding ortho intramolecular Hbond substituents is 2. The molecule has 3 aromatic rings. The molecular formula is C21H20O5. The molecule has 0 atom stereocenters. The van der Waals surface area contributed by atoms with E-state index in [1.807, 2.05) is 18.2 Å². The molecule has 3 rings (SSSR count). The van der Waals surface area contributed by atoms with E-state index in [4.69, 9.17) is 9.84 Å². The molecule has 0 saturated heterocycles. The van der Waals surface area contributed by atoms with Crippen LogP contribution in [0.5, 0.6) is 17.2 Å². The van der Waals surface area contributed by atoms with Gasteiger partial charge in [-0.2, -0.15) is 0 Å². The maximum absolute atomic E-state index is 11.0. The zero-order valence-electron chi connectivity index (χ0n) is 14.2. The van der Waals surface area contributed by atoms with Gasteiger partial charge in [-0.1, -0.05) is 24.3 Å². The largest absolute Gasteiger partial charge is 0.504 e. The number of unbranched alkanes of at least 4 members (excludes halogenated alkanes) is 1. The Kier molecular flexibility index (Phi) is 5.27. The highest BCUT2D eigenvalue weighted by Gasteiger charge is 2.06. The molecule has 0 heterocycles. The number of hydrogen-bond acceptors (Lipinski definition) is 4. The fourth-order valence-corrected chi connectivity index (χ4v) is 2.83. The SMILES string of the molecule is O=C(O)c1ccc2cc(OCCCCc3cccc(O)c3O)ccc2c1. The molecule has 0 aliphatic carbocycles. The maximum atomic E-state index is 11.0. The number of ether oxygens (including phenoxy) is 1. The third-order valence-electron chi connectivity index (χ3n) is 4.27. The van der Waals surface area contributed by atoms with Gasteiger partial charge in [-0.3, -0.25) is 0 Å². The molecule has 0 radical (unpaired) electrons. The molecule has 0 fully saturated rings. The Morgan fingerprint density at radius 3 is 2.50 bits per heavy atom. The summed E-state index contributed by atoms with van der Waals surface area (Å²) < 4.78 is 5.76. The summed E-state index contributed by atoms with van der Waals surface area (Å²) in [6, 6.07) is 15.5. The lowest BCUT2D eigenvalue weighted by molar-refractivity contribution is 0.0697. The second kappa shape index (κ2) is 7.78. The lowest BCUT2D eigenvalue weighted by atomic mass is 10.1. The number of rotatable bonds is 7. The summed E-state index contributed by atoms with van der Waals surface area (Å²) in [4.78, 5) is 11.0. The fraction of sp³-hybridized carbons (Fsp3) is 0.190. The van der Waals surface area contributed by atoms with Gasteiger partial charge in [-0.05, 0) is 65.9 Å². The van der Waals surface area contributed by atoms with Gasteiger partial charge in [-0.15, -0.1) is 0 Å². The Balaban J connectivity index is 1.52. The standard InChI is InChI=1S/C21H20O5/c22-19-6-3-5-14(20(19)23)4-1-2-11-26-18-10-9-15-12-17(21(24)25)8-7-16(15)13-18/h3,5-10,12-13,22-23H,1-2,4,11H2,(H,24,25). The minimum absolute atomic E-state index is 0.0522. The van der Waals surface area contributed by atoms with Crippen LogP contribution in [0.2, 0.25) is 0 Å². The summed E-state index contributed by atoms with van der Waals surface area (Å²) in [6.07, 6.45) is 2.30. The van der Waals surface area contributed by atoms with Crippen LogP contribution in [0.3, 0.4) is 0 Å². The van der Waals surface area contributed by atoms with Gasteiger partial charge in [0.25, 0.3) is 0 Å². The minimum atomic E-state index is -0.940. The summed E-state index contributed by atoms with van der Waals surface area (Å²) in [5.41, 5.74) is 0.992. The van der Waals surface area contributed by atoms with Crippen molar-refractivity contribution in [3.63, 3.8) is 0 Å². The average Bonchev–Trinajstić information content (AvgIpc) is 2.64. The van der Waals surface area contributed by atoms with Crippen LogP contribution in [-0.4, -0.2) is 27.9 Å². The number of aromatic hydroxyl groups is 2. The number of carbonyl (C=O) groups is 1. The van der Waals surface area contributed by atoms with E-state index in [-0.39, 0.29) is 17.1 Å². The predicted octanol–water partition coefficient (Wildman–Crippen LogP) is 4.35. The van der Waals surface area contributed by atoms with Gasteiger partial charge in [0.2, 0.25) is 0 Å². The molecule has 5 heteroatoms. The number of para-hydroxylation sites is 1. The van der Waals surface area contributed by atoms with E-state index in [2.05, 4.69) is 0 Å². The first kappa shape index (κ1) is 17.6. The van der Waals surface area contributed by atoms with Crippen molar-refractivity contribution in [1.29, 1.82) is 0 Å². The Morgan fingerprint density at radius 2 is 1.69 bits per heavy atom. The van der Waals surface area contributed by atoms with E-state index in [1.165, 1.54) is 6.07 Å². The van der Waals surface area contributed by atoms with Crippen molar-refractivity contribution in [1.82, 2.24) is 0 Å². The van der Waals surface area contributed by atoms with Gasteiger partial charge in [0.05, 0.1) is 12.2 Å². The van der Waals surface area contributed by atoms with Crippen LogP contribution >= 0.6 is 0 Å². The normalized spacial score (nSPS) is 10.8. The van der Waals surface area contributed by atoms with E-state index in [0.29, 0.717) is 13.0 Å². The van der Waals surface area contributed by atoms with Crippen LogP contribution < -0.4 is 4.74 Å². The van der Waals surface area contributed by atoms with Crippen molar-refractivity contribution in [3.05, 3.63) is 65.7 Å². The third-order valence-corrected chi connectivity index (χ3v) is 4.27. The van der Waals surface area contributed by atoms with Crippen molar-refractivity contribution in [2.45, 2.75) is 19.3 Å². The van der Waals surface area contributed by atoms with E-state index in [9.17, 15) is 15.0 Å². The summed E-state index contributed by atoms with van der Waals surface area (Å²) in [5, 5.41) is 30.1. The van der Waals surface area contributed by atoms with Gasteiger partial charge in [-0.25, -0.2) is 4.79 Å². The lowest BCUT2D eigenvalue weighted by Crippen LogP contribution is -1.99. The number of aromatic carboxylic acids is 1. The predicted molar refractivity (Wildman–Crippen MR) is 99.1 cm³/mol. The molecular weight excluding hydrogens is 332 g/mol. The van der Waals surface area contributed by atoms with Crippen LogP contribution in [0.1, 0.15) is 28.8 Å². The van der Waals surface area contributed by atoms with Crippen LogP contribution in [-0.2, 0) is 6.42 Å². The first-order valence-corrected chi connectivity index (χ1v) is 8.44. The zero-order chi connectivity index (χ0) is 18.5. The second-order valence-electron chi connectivity index (χ2n) is 6.12. The highest BCUT2D eigenvalue weighted by molar-refractivity contribution is 5.94. The van der Waals surface area contributed by atoms with Crippen LogP contribution in [0.15, 0.2) is 54.6 Å². The number of fused-ring (bicyclic) bond motifs is 1. The molecule has 0 aliphatic rings. The number of aryl methyl sites for hydroxylation is 1. The summed E-state index contributed by atoms with van der Waals surface area (Å²) in [7, 11) is 0. The van der Waals surface area contributed by atoms with Crippen molar-refractivity contribution >= 4 is 16.7 Å². The molecule has 0 amide bonds.